The third-order valence-corrected chi connectivity index (χ3v) is 6.49. The van der Waals surface area contributed by atoms with Gasteiger partial charge in [0.1, 0.15) is 17.5 Å². The molecule has 35 heavy (non-hydrogen) atoms. The molecule has 5 rings (SSSR count). The number of anilines is 1. The van der Waals surface area contributed by atoms with E-state index in [1.165, 1.54) is 12.1 Å². The van der Waals surface area contributed by atoms with Gasteiger partial charge in [-0.05, 0) is 55.2 Å². The number of methoxy groups -OCH3 is 1. The Bertz CT molecular complexity index is 1270. The molecular weight excluding hydrogens is 454 g/mol. The van der Waals surface area contributed by atoms with Crippen LogP contribution in [-0.2, 0) is 20.8 Å². The minimum absolute atomic E-state index is 0.0128. The second kappa shape index (κ2) is 8.86. The monoisotopic (exact) mass is 477 g/mol. The van der Waals surface area contributed by atoms with Gasteiger partial charge in [0.15, 0.2) is 6.61 Å². The van der Waals surface area contributed by atoms with E-state index in [1.54, 1.807) is 24.1 Å². The van der Waals surface area contributed by atoms with Crippen molar-refractivity contribution in [3.63, 3.8) is 0 Å². The van der Waals surface area contributed by atoms with Crippen LogP contribution in [0.1, 0.15) is 45.5 Å². The molecule has 5 amide bonds. The van der Waals surface area contributed by atoms with Crippen LogP contribution in [0.5, 0.6) is 11.5 Å². The van der Waals surface area contributed by atoms with Crippen LogP contribution in [0.2, 0.25) is 0 Å². The molecule has 3 aliphatic rings. The molecule has 0 aromatic heterocycles. The van der Waals surface area contributed by atoms with E-state index in [2.05, 4.69) is 5.32 Å². The number of imide groups is 2. The van der Waals surface area contributed by atoms with Crippen molar-refractivity contribution in [2.75, 3.05) is 25.2 Å². The lowest BCUT2D eigenvalue weighted by atomic mass is 10.0. The zero-order valence-electron chi connectivity index (χ0n) is 19.0. The highest BCUT2D eigenvalue weighted by atomic mass is 16.5. The molecule has 180 valence electrons. The van der Waals surface area contributed by atoms with E-state index in [4.69, 9.17) is 9.47 Å². The number of nitrogens with zero attached hydrogens (tertiary/aromatic N) is 2. The fourth-order valence-corrected chi connectivity index (χ4v) is 4.78. The maximum Gasteiger partial charge on any atom is 0.266 e. The number of carbonyl (C=O) groups excluding carboxylic acids is 5. The molecule has 10 heteroatoms. The van der Waals surface area contributed by atoms with Crippen molar-refractivity contribution in [3.8, 4) is 11.5 Å². The van der Waals surface area contributed by atoms with Gasteiger partial charge in [-0.3, -0.25) is 34.2 Å². The highest BCUT2D eigenvalue weighted by Gasteiger charge is 2.46. The Kier molecular flexibility index (Phi) is 5.72. The van der Waals surface area contributed by atoms with Crippen molar-refractivity contribution in [2.45, 2.75) is 31.7 Å². The average Bonchev–Trinajstić information content (AvgIpc) is 3.12. The Labute approximate surface area is 200 Å². The number of piperidine rings is 1. The number of ether oxygens (including phenoxy) is 2. The molecule has 3 aliphatic heterocycles. The minimum atomic E-state index is -1.07. The molecule has 0 spiro atoms. The summed E-state index contributed by atoms with van der Waals surface area (Å²) in [6.45, 7) is 0.205. The number of carbonyl (C=O) groups is 5. The topological polar surface area (TPSA) is 122 Å². The first-order valence-electron chi connectivity index (χ1n) is 11.3. The normalized spacial score (nSPS) is 19.3. The molecule has 1 unspecified atom stereocenters. The number of hydrogen-bond donors (Lipinski definition) is 1. The summed E-state index contributed by atoms with van der Waals surface area (Å²) in [5, 5.41) is 2.17. The Morgan fingerprint density at radius 1 is 1.09 bits per heavy atom. The largest absolute Gasteiger partial charge is 0.497 e. The predicted molar refractivity (Wildman–Crippen MR) is 122 cm³/mol. The number of hydrogen-bond acceptors (Lipinski definition) is 7. The summed E-state index contributed by atoms with van der Waals surface area (Å²) in [4.78, 5) is 65.5. The summed E-state index contributed by atoms with van der Waals surface area (Å²) >= 11 is 0. The molecule has 10 nitrogen and oxygen atoms in total. The fourth-order valence-electron chi connectivity index (χ4n) is 4.78. The molecule has 1 saturated heterocycles. The molecule has 1 fully saturated rings. The molecule has 3 heterocycles. The molecular formula is C25H23N3O7. The first-order valence-corrected chi connectivity index (χ1v) is 11.3. The maximum atomic E-state index is 13.2. The quantitative estimate of drug-likeness (QED) is 0.647. The van der Waals surface area contributed by atoms with Gasteiger partial charge in [0.05, 0.1) is 18.2 Å². The van der Waals surface area contributed by atoms with Gasteiger partial charge < -0.3 is 14.4 Å². The molecule has 1 N–H and O–H groups in total. The lowest BCUT2D eigenvalue weighted by Crippen LogP contribution is -2.54. The van der Waals surface area contributed by atoms with Gasteiger partial charge >= 0.3 is 0 Å². The van der Waals surface area contributed by atoms with E-state index in [-0.39, 0.29) is 42.2 Å². The molecule has 0 aliphatic carbocycles. The van der Waals surface area contributed by atoms with Crippen molar-refractivity contribution in [1.29, 1.82) is 0 Å². The third kappa shape index (κ3) is 3.90. The standard InChI is InChI=1S/C25H23N3O7/c1-34-15-7-8-17-14(12-15)4-3-11-27(17)21(30)13-35-19-6-2-5-16-22(19)25(33)28(24(16)32)18-9-10-20(29)26-23(18)31/h2,5-8,12,18H,3-4,9-11,13H2,1H3,(H,26,29,31). The van der Waals surface area contributed by atoms with Crippen LogP contribution in [0.15, 0.2) is 36.4 Å². The van der Waals surface area contributed by atoms with Crippen molar-refractivity contribution >= 4 is 35.2 Å². The molecule has 0 saturated carbocycles. The second-order valence-electron chi connectivity index (χ2n) is 8.56. The van der Waals surface area contributed by atoms with Crippen LogP contribution in [-0.4, -0.2) is 60.7 Å². The second-order valence-corrected chi connectivity index (χ2v) is 8.56. The van der Waals surface area contributed by atoms with Gasteiger partial charge in [-0.25, -0.2) is 0 Å². The molecule has 0 bridgehead atoms. The lowest BCUT2D eigenvalue weighted by molar-refractivity contribution is -0.136. The molecule has 2 aromatic rings. The summed E-state index contributed by atoms with van der Waals surface area (Å²) < 4.78 is 11.0. The number of fused-ring (bicyclic) bond motifs is 2. The van der Waals surface area contributed by atoms with E-state index in [0.717, 1.165) is 34.7 Å². The Hall–Kier alpha value is -4.21. The minimum Gasteiger partial charge on any atom is -0.497 e. The van der Waals surface area contributed by atoms with Gasteiger partial charge in [-0.2, -0.15) is 0 Å². The molecule has 1 atom stereocenters. The first kappa shape index (κ1) is 22.6. The van der Waals surface area contributed by atoms with Crippen molar-refractivity contribution in [2.24, 2.45) is 0 Å². The van der Waals surface area contributed by atoms with Gasteiger partial charge in [0, 0.05) is 18.7 Å². The Morgan fingerprint density at radius 2 is 1.91 bits per heavy atom. The lowest BCUT2D eigenvalue weighted by Gasteiger charge is -2.29. The zero-order chi connectivity index (χ0) is 24.7. The SMILES string of the molecule is COc1ccc2c(c1)CCCN2C(=O)COc1cccc2c1C(=O)N(C1CCC(=O)NC1=O)C2=O. The van der Waals surface area contributed by atoms with Crippen LogP contribution in [0.25, 0.3) is 0 Å². The van der Waals surface area contributed by atoms with E-state index in [9.17, 15) is 24.0 Å². The summed E-state index contributed by atoms with van der Waals surface area (Å²) in [6, 6.07) is 9.02. The van der Waals surface area contributed by atoms with E-state index >= 15 is 0 Å². The summed E-state index contributed by atoms with van der Waals surface area (Å²) in [5.41, 5.74) is 1.91. The smallest absolute Gasteiger partial charge is 0.266 e. The van der Waals surface area contributed by atoms with Crippen LogP contribution in [0, 0.1) is 0 Å². The van der Waals surface area contributed by atoms with Gasteiger partial charge in [0.25, 0.3) is 17.7 Å². The summed E-state index contributed by atoms with van der Waals surface area (Å²) in [5.74, 6) is -1.91. The van der Waals surface area contributed by atoms with Crippen LogP contribution in [0.3, 0.4) is 0 Å². The van der Waals surface area contributed by atoms with Crippen molar-refractivity contribution < 1.29 is 33.4 Å². The zero-order valence-corrected chi connectivity index (χ0v) is 19.0. The fraction of sp³-hybridized carbons (Fsp3) is 0.320. The van der Waals surface area contributed by atoms with Gasteiger partial charge in [-0.15, -0.1) is 0 Å². The van der Waals surface area contributed by atoms with Crippen LogP contribution >= 0.6 is 0 Å². The van der Waals surface area contributed by atoms with Crippen LogP contribution < -0.4 is 19.7 Å². The average molecular weight is 477 g/mol. The van der Waals surface area contributed by atoms with Crippen molar-refractivity contribution in [1.82, 2.24) is 10.2 Å². The highest BCUT2D eigenvalue weighted by molar-refractivity contribution is 6.24. The maximum absolute atomic E-state index is 13.2. The van der Waals surface area contributed by atoms with E-state index in [1.807, 2.05) is 12.1 Å². The van der Waals surface area contributed by atoms with Gasteiger partial charge in [0.2, 0.25) is 11.8 Å². The number of rotatable bonds is 5. The van der Waals surface area contributed by atoms with E-state index in [0.29, 0.717) is 6.54 Å². The number of nitrogens with one attached hydrogen (secondary N) is 1. The summed E-state index contributed by atoms with van der Waals surface area (Å²) in [6.07, 6.45) is 1.71. The number of aryl methyl sites for hydroxylation is 1. The predicted octanol–water partition coefficient (Wildman–Crippen LogP) is 1.45. The number of benzene rings is 2. The third-order valence-electron chi connectivity index (χ3n) is 6.49. The van der Waals surface area contributed by atoms with E-state index < -0.39 is 29.7 Å². The highest BCUT2D eigenvalue weighted by Crippen LogP contribution is 2.34. The number of amides is 5. The van der Waals surface area contributed by atoms with Gasteiger partial charge in [-0.1, -0.05) is 6.07 Å². The molecule has 0 radical (unpaired) electrons. The summed E-state index contributed by atoms with van der Waals surface area (Å²) in [7, 11) is 1.59. The first-order chi connectivity index (χ1) is 16.9. The molecule has 2 aromatic carbocycles. The Balaban J connectivity index is 1.34. The van der Waals surface area contributed by atoms with Crippen molar-refractivity contribution in [3.05, 3.63) is 53.1 Å². The van der Waals surface area contributed by atoms with Crippen LogP contribution in [0.4, 0.5) is 5.69 Å². The Morgan fingerprint density at radius 3 is 2.69 bits per heavy atom.